The summed E-state index contributed by atoms with van der Waals surface area (Å²) in [7, 11) is 0. The minimum atomic E-state index is -0.267. The molecule has 2 N–H and O–H groups in total. The van der Waals surface area contributed by atoms with Crippen molar-refractivity contribution in [2.45, 2.75) is 45.0 Å². The number of carbonyl (C=O) groups excluding carboxylic acids is 1. The zero-order valence-electron chi connectivity index (χ0n) is 9.25. The monoisotopic (exact) mass is 219 g/mol. The van der Waals surface area contributed by atoms with Gasteiger partial charge in [0.2, 0.25) is 5.91 Å². The van der Waals surface area contributed by atoms with Crippen LogP contribution in [0.15, 0.2) is 0 Å². The zero-order valence-corrected chi connectivity index (χ0v) is 10.1. The summed E-state index contributed by atoms with van der Waals surface area (Å²) in [6.07, 6.45) is 1.32. The molecule has 0 radical (unpaired) electrons. The molecule has 3 nitrogen and oxygen atoms in total. The van der Waals surface area contributed by atoms with Gasteiger partial charge in [0.1, 0.15) is 0 Å². The van der Waals surface area contributed by atoms with E-state index in [2.05, 4.69) is 19.2 Å². The summed E-state index contributed by atoms with van der Waals surface area (Å²) in [5.74, 6) is 0.626. The third kappa shape index (κ3) is 9.86. The highest BCUT2D eigenvalue weighted by Crippen LogP contribution is 2.07. The fourth-order valence-electron chi connectivity index (χ4n) is 0.919. The van der Waals surface area contributed by atoms with Gasteiger partial charge < -0.3 is 10.4 Å². The predicted molar refractivity (Wildman–Crippen MR) is 61.5 cm³/mol. The Morgan fingerprint density at radius 2 is 2.07 bits per heavy atom. The van der Waals surface area contributed by atoms with Crippen LogP contribution in [0.4, 0.5) is 0 Å². The Kier molecular flexibility index (Phi) is 7.99. The summed E-state index contributed by atoms with van der Waals surface area (Å²) < 4.78 is 0. The lowest BCUT2D eigenvalue weighted by molar-refractivity contribution is -0.118. The molecule has 0 spiro atoms. The van der Waals surface area contributed by atoms with Gasteiger partial charge in [-0.25, -0.2) is 0 Å². The number of hydrogen-bond donors (Lipinski definition) is 2. The smallest absolute Gasteiger partial charge is 0.230 e. The van der Waals surface area contributed by atoms with E-state index in [0.717, 1.165) is 12.8 Å². The zero-order chi connectivity index (χ0) is 11.0. The fraction of sp³-hybridized carbons (Fsp3) is 0.900. The number of aliphatic hydroxyl groups is 1. The van der Waals surface area contributed by atoms with Gasteiger partial charge in [-0.05, 0) is 25.0 Å². The molecule has 0 saturated carbocycles. The van der Waals surface area contributed by atoms with Gasteiger partial charge in [0.15, 0.2) is 0 Å². The summed E-state index contributed by atoms with van der Waals surface area (Å²) in [4.78, 5) is 11.2. The number of nitrogens with one attached hydrogen (secondary N) is 1. The van der Waals surface area contributed by atoms with Crippen molar-refractivity contribution in [3.05, 3.63) is 0 Å². The second-order valence-corrected chi connectivity index (χ2v) is 5.27. The summed E-state index contributed by atoms with van der Waals surface area (Å²) in [6, 6.07) is 0. The summed E-state index contributed by atoms with van der Waals surface area (Å²) in [5.41, 5.74) is 0. The standard InChI is InChI=1S/C10H21NO2S/c1-8(2)14-7-10(13)11-6-4-5-9(3)12/h8-9,12H,4-7H2,1-3H3,(H,11,13). The van der Waals surface area contributed by atoms with E-state index in [-0.39, 0.29) is 12.0 Å². The average Bonchev–Trinajstić information content (AvgIpc) is 2.08. The maximum absolute atomic E-state index is 11.2. The van der Waals surface area contributed by atoms with E-state index in [0.29, 0.717) is 17.5 Å². The van der Waals surface area contributed by atoms with Gasteiger partial charge >= 0.3 is 0 Å². The number of hydrogen-bond acceptors (Lipinski definition) is 3. The van der Waals surface area contributed by atoms with Crippen LogP contribution in [0.25, 0.3) is 0 Å². The number of aliphatic hydroxyl groups excluding tert-OH is 1. The predicted octanol–water partition coefficient (Wildman–Crippen LogP) is 1.41. The highest BCUT2D eigenvalue weighted by Gasteiger charge is 2.02. The number of thioether (sulfide) groups is 1. The molecule has 1 atom stereocenters. The van der Waals surface area contributed by atoms with Crippen molar-refractivity contribution < 1.29 is 9.90 Å². The van der Waals surface area contributed by atoms with Gasteiger partial charge in [-0.15, -0.1) is 11.8 Å². The van der Waals surface area contributed by atoms with Crippen molar-refractivity contribution in [1.82, 2.24) is 5.32 Å². The van der Waals surface area contributed by atoms with Crippen LogP contribution in [0.5, 0.6) is 0 Å². The first-order valence-electron chi connectivity index (χ1n) is 5.08. The Labute approximate surface area is 90.7 Å². The van der Waals surface area contributed by atoms with Crippen LogP contribution in [0.2, 0.25) is 0 Å². The molecule has 0 aliphatic rings. The second-order valence-electron chi connectivity index (χ2n) is 3.70. The number of carbonyl (C=O) groups is 1. The number of amides is 1. The third-order valence-corrected chi connectivity index (χ3v) is 2.76. The van der Waals surface area contributed by atoms with E-state index >= 15 is 0 Å². The second kappa shape index (κ2) is 8.12. The molecule has 1 unspecified atom stereocenters. The normalized spacial score (nSPS) is 12.9. The molecule has 1 amide bonds. The van der Waals surface area contributed by atoms with Crippen LogP contribution in [-0.4, -0.2) is 34.7 Å². The van der Waals surface area contributed by atoms with Crippen molar-refractivity contribution in [2.75, 3.05) is 12.3 Å². The average molecular weight is 219 g/mol. The molecule has 4 heteroatoms. The van der Waals surface area contributed by atoms with Crippen LogP contribution < -0.4 is 5.32 Å². The first-order chi connectivity index (χ1) is 6.52. The largest absolute Gasteiger partial charge is 0.393 e. The molecular formula is C10H21NO2S. The molecule has 0 saturated heterocycles. The Balaban J connectivity index is 3.27. The lowest BCUT2D eigenvalue weighted by Crippen LogP contribution is -2.27. The molecule has 14 heavy (non-hydrogen) atoms. The van der Waals surface area contributed by atoms with Crippen molar-refractivity contribution in [3.8, 4) is 0 Å². The first kappa shape index (κ1) is 13.8. The van der Waals surface area contributed by atoms with Gasteiger partial charge in [-0.3, -0.25) is 4.79 Å². The molecule has 0 aromatic rings. The lowest BCUT2D eigenvalue weighted by atomic mass is 10.2. The van der Waals surface area contributed by atoms with Gasteiger partial charge in [0, 0.05) is 6.54 Å². The Bertz CT molecular complexity index is 160. The summed E-state index contributed by atoms with van der Waals surface area (Å²) in [5, 5.41) is 12.3. The van der Waals surface area contributed by atoms with E-state index in [9.17, 15) is 4.79 Å². The molecule has 0 rings (SSSR count). The molecule has 0 fully saturated rings. The summed E-state index contributed by atoms with van der Waals surface area (Å²) >= 11 is 1.64. The first-order valence-corrected chi connectivity index (χ1v) is 6.13. The third-order valence-electron chi connectivity index (χ3n) is 1.67. The van der Waals surface area contributed by atoms with Crippen molar-refractivity contribution in [3.63, 3.8) is 0 Å². The van der Waals surface area contributed by atoms with Crippen LogP contribution in [0, 0.1) is 0 Å². The molecule has 0 bridgehead atoms. The van der Waals surface area contributed by atoms with E-state index in [1.807, 2.05) is 0 Å². The quantitative estimate of drug-likeness (QED) is 0.636. The molecule has 0 heterocycles. The van der Waals surface area contributed by atoms with Gasteiger partial charge in [0.05, 0.1) is 11.9 Å². The van der Waals surface area contributed by atoms with Gasteiger partial charge in [-0.2, -0.15) is 0 Å². The Morgan fingerprint density at radius 3 is 2.57 bits per heavy atom. The highest BCUT2D eigenvalue weighted by atomic mass is 32.2. The highest BCUT2D eigenvalue weighted by molar-refractivity contribution is 8.00. The Morgan fingerprint density at radius 1 is 1.43 bits per heavy atom. The minimum absolute atomic E-state index is 0.0919. The van der Waals surface area contributed by atoms with Crippen LogP contribution in [-0.2, 0) is 4.79 Å². The van der Waals surface area contributed by atoms with E-state index in [4.69, 9.17) is 5.11 Å². The van der Waals surface area contributed by atoms with Crippen LogP contribution >= 0.6 is 11.8 Å². The molecule has 0 aliphatic carbocycles. The lowest BCUT2D eigenvalue weighted by Gasteiger charge is -2.07. The summed E-state index contributed by atoms with van der Waals surface area (Å²) in [6.45, 7) is 6.58. The van der Waals surface area contributed by atoms with Gasteiger partial charge in [0.25, 0.3) is 0 Å². The van der Waals surface area contributed by atoms with E-state index in [1.165, 1.54) is 0 Å². The molecule has 0 aliphatic heterocycles. The SMILES string of the molecule is CC(O)CCCNC(=O)CSC(C)C. The minimum Gasteiger partial charge on any atom is -0.393 e. The molecule has 84 valence electrons. The van der Waals surface area contributed by atoms with E-state index in [1.54, 1.807) is 18.7 Å². The van der Waals surface area contributed by atoms with Crippen molar-refractivity contribution >= 4 is 17.7 Å². The van der Waals surface area contributed by atoms with Gasteiger partial charge in [-0.1, -0.05) is 13.8 Å². The van der Waals surface area contributed by atoms with Crippen LogP contribution in [0.3, 0.4) is 0 Å². The fourth-order valence-corrected chi connectivity index (χ4v) is 1.51. The maximum Gasteiger partial charge on any atom is 0.230 e. The Hall–Kier alpha value is -0.220. The maximum atomic E-state index is 11.2. The van der Waals surface area contributed by atoms with E-state index < -0.39 is 0 Å². The topological polar surface area (TPSA) is 49.3 Å². The number of rotatable bonds is 7. The van der Waals surface area contributed by atoms with Crippen molar-refractivity contribution in [1.29, 1.82) is 0 Å². The van der Waals surface area contributed by atoms with Crippen LogP contribution in [0.1, 0.15) is 33.6 Å². The molecule has 0 aromatic heterocycles. The molecule has 0 aromatic carbocycles. The van der Waals surface area contributed by atoms with Crippen molar-refractivity contribution in [2.24, 2.45) is 0 Å². The molecular weight excluding hydrogens is 198 g/mol.